The zero-order valence-corrected chi connectivity index (χ0v) is 37.3. The number of rotatable bonds is 9. The second-order valence-electron chi connectivity index (χ2n) is 17.4. The minimum absolute atomic E-state index is 0.00626. The number of H-pyrrole nitrogens is 1. The summed E-state index contributed by atoms with van der Waals surface area (Å²) in [4.78, 5) is 121. The number of hydrogen-bond acceptors (Lipinski definition) is 9. The molecule has 1 spiro atoms. The molecule has 1 aliphatic carbocycles. The number of nitrogens with zero attached hydrogens (tertiary/aromatic N) is 2. The maximum atomic E-state index is 15.1. The quantitative estimate of drug-likeness (QED) is 0.0490. The van der Waals surface area contributed by atoms with Crippen LogP contribution in [0.1, 0.15) is 67.7 Å². The number of fused-ring (bicyclic) bond motifs is 5. The van der Waals surface area contributed by atoms with Gasteiger partial charge < -0.3 is 48.4 Å². The van der Waals surface area contributed by atoms with E-state index in [0.29, 0.717) is 24.0 Å². The largest absolute Gasteiger partial charge is 0.370 e. The second-order valence-corrected chi connectivity index (χ2v) is 17.4. The molecular formula is C48H57N11O8. The number of aromatic amines is 1. The number of aromatic nitrogens is 1. The molecule has 352 valence electrons. The fourth-order valence-corrected chi connectivity index (χ4v) is 9.10. The first-order valence-corrected chi connectivity index (χ1v) is 22.6. The average molecular weight is 916 g/mol. The molecule has 19 nitrogen and oxygen atoms in total. The van der Waals surface area contributed by atoms with E-state index in [1.807, 2.05) is 24.3 Å². The van der Waals surface area contributed by atoms with Crippen LogP contribution in [0.2, 0.25) is 0 Å². The van der Waals surface area contributed by atoms with E-state index in [4.69, 9.17) is 11.5 Å². The number of Topliss-reactive ketones (excluding diaryl/α,β-unsaturated/α-hetero) is 1. The Kier molecular flexibility index (Phi) is 15.0. The van der Waals surface area contributed by atoms with Crippen molar-refractivity contribution in [1.29, 1.82) is 0 Å². The summed E-state index contributed by atoms with van der Waals surface area (Å²) in [6.07, 6.45) is 2.39. The molecule has 67 heavy (non-hydrogen) atoms. The second kappa shape index (κ2) is 21.2. The number of amides is 8. The van der Waals surface area contributed by atoms with Gasteiger partial charge in [0, 0.05) is 55.9 Å². The van der Waals surface area contributed by atoms with Gasteiger partial charge in [0.2, 0.25) is 29.5 Å². The van der Waals surface area contributed by atoms with Crippen molar-refractivity contribution in [3.8, 4) is 0 Å². The van der Waals surface area contributed by atoms with Crippen LogP contribution in [0.5, 0.6) is 0 Å². The number of hydrogen-bond donors (Lipinski definition) is 9. The number of urea groups is 1. The van der Waals surface area contributed by atoms with Gasteiger partial charge in [0.1, 0.15) is 29.7 Å². The van der Waals surface area contributed by atoms with Crippen molar-refractivity contribution in [2.24, 2.45) is 16.5 Å². The van der Waals surface area contributed by atoms with Gasteiger partial charge in [-0.05, 0) is 67.3 Å². The lowest BCUT2D eigenvalue weighted by Gasteiger charge is -2.36. The van der Waals surface area contributed by atoms with E-state index < -0.39 is 83.6 Å². The normalized spacial score (nSPS) is 23.0. The Balaban J connectivity index is 1.26. The van der Waals surface area contributed by atoms with E-state index in [-0.39, 0.29) is 69.8 Å². The third-order valence-corrected chi connectivity index (χ3v) is 12.6. The average Bonchev–Trinajstić information content (AvgIpc) is 3.98. The van der Waals surface area contributed by atoms with E-state index in [2.05, 4.69) is 41.9 Å². The van der Waals surface area contributed by atoms with Crippen LogP contribution < -0.4 is 43.4 Å². The third-order valence-electron chi connectivity index (χ3n) is 12.6. The maximum Gasteiger partial charge on any atom is 0.325 e. The molecular weight excluding hydrogens is 859 g/mol. The molecule has 0 unspecified atom stereocenters. The molecule has 8 amide bonds. The summed E-state index contributed by atoms with van der Waals surface area (Å²) >= 11 is 0. The van der Waals surface area contributed by atoms with Gasteiger partial charge in [-0.15, -0.1) is 0 Å². The van der Waals surface area contributed by atoms with Crippen molar-refractivity contribution in [3.63, 3.8) is 0 Å². The van der Waals surface area contributed by atoms with Crippen molar-refractivity contribution in [1.82, 2.24) is 41.8 Å². The van der Waals surface area contributed by atoms with Crippen LogP contribution in [0.25, 0.3) is 10.9 Å². The Morgan fingerprint density at radius 1 is 0.746 bits per heavy atom. The summed E-state index contributed by atoms with van der Waals surface area (Å²) in [5.74, 6) is -4.72. The smallest absolute Gasteiger partial charge is 0.325 e. The summed E-state index contributed by atoms with van der Waals surface area (Å²) in [6, 6.07) is 16.5. The molecule has 5 atom stereocenters. The zero-order chi connectivity index (χ0) is 47.7. The first-order chi connectivity index (χ1) is 32.2. The molecule has 1 aromatic heterocycles. The summed E-state index contributed by atoms with van der Waals surface area (Å²) in [5, 5.41) is 17.5. The molecule has 19 heteroatoms. The molecule has 11 N–H and O–H groups in total. The minimum atomic E-state index is -1.84. The van der Waals surface area contributed by atoms with Crippen molar-refractivity contribution >= 4 is 64.1 Å². The van der Waals surface area contributed by atoms with Crippen molar-refractivity contribution < 1.29 is 38.4 Å². The predicted octanol–water partition coefficient (Wildman–Crippen LogP) is 0.683. The highest BCUT2D eigenvalue weighted by Crippen LogP contribution is 2.37. The lowest BCUT2D eigenvalue weighted by Crippen LogP contribution is -2.65. The van der Waals surface area contributed by atoms with Crippen LogP contribution in [0.4, 0.5) is 4.79 Å². The molecule has 2 saturated heterocycles. The number of carbonyl (C=O) groups excluding carboxylic acids is 8. The Bertz CT molecular complexity index is 2530. The number of ketones is 1. The molecule has 2 fully saturated rings. The van der Waals surface area contributed by atoms with Crippen LogP contribution in [0, 0.1) is 0 Å². The fraction of sp³-hybridized carbons (Fsp3) is 0.396. The number of carbonyl (C=O) groups is 8. The number of para-hydroxylation sites is 1. The van der Waals surface area contributed by atoms with Gasteiger partial charge in [-0.25, -0.2) is 9.69 Å². The van der Waals surface area contributed by atoms with E-state index >= 15 is 4.79 Å². The maximum absolute atomic E-state index is 15.1. The number of aliphatic imine (C=N–C) groups is 1. The van der Waals surface area contributed by atoms with E-state index in [0.717, 1.165) is 26.9 Å². The lowest BCUT2D eigenvalue weighted by molar-refractivity contribution is -0.144. The van der Waals surface area contributed by atoms with Crippen LogP contribution in [0.3, 0.4) is 0 Å². The highest BCUT2D eigenvalue weighted by molar-refractivity contribution is 6.11. The molecule has 0 saturated carbocycles. The number of imide groups is 1. The Morgan fingerprint density at radius 2 is 1.39 bits per heavy atom. The van der Waals surface area contributed by atoms with Gasteiger partial charge in [0.15, 0.2) is 11.7 Å². The van der Waals surface area contributed by atoms with Crippen molar-refractivity contribution in [2.75, 3.05) is 13.1 Å². The highest BCUT2D eigenvalue weighted by atomic mass is 16.2. The Morgan fingerprint density at radius 3 is 2.10 bits per heavy atom. The van der Waals surface area contributed by atoms with Crippen molar-refractivity contribution in [3.05, 3.63) is 107 Å². The van der Waals surface area contributed by atoms with Crippen LogP contribution in [-0.4, -0.2) is 112 Å². The summed E-state index contributed by atoms with van der Waals surface area (Å²) in [5.41, 5.74) is 12.9. The molecule has 2 bridgehead atoms. The predicted molar refractivity (Wildman–Crippen MR) is 248 cm³/mol. The Hall–Kier alpha value is -7.57. The van der Waals surface area contributed by atoms with Gasteiger partial charge >= 0.3 is 6.03 Å². The molecule has 0 radical (unpaired) electrons. The fourth-order valence-electron chi connectivity index (χ4n) is 9.10. The van der Waals surface area contributed by atoms with Crippen LogP contribution in [-0.2, 0) is 59.2 Å². The number of benzene rings is 3. The minimum Gasteiger partial charge on any atom is -0.370 e. The number of nitrogens with one attached hydrogen (secondary N) is 7. The zero-order valence-electron chi connectivity index (χ0n) is 37.3. The summed E-state index contributed by atoms with van der Waals surface area (Å²) < 4.78 is 0. The summed E-state index contributed by atoms with van der Waals surface area (Å²) in [6.45, 7) is 1.62. The first-order valence-electron chi connectivity index (χ1n) is 22.6. The standard InChI is InChI=1S/C48H57N11O8/c1-28(60)34-17-9-10-20-51-40(61)24-39-44(65)59(47(67)58-39)48(25-30-14-5-6-15-31(30)26-48)45(66)57-37(22-29-12-3-2-4-13-29)42(63)55-36(19-11-21-52-46(49)50)41(62)56-38(43(64)54-34)23-32-27-53-35-18-8-7-16-33(32)35/h2-8,12-16,18,27,34,36-39,53H,9-11,17,19-26H2,1H3,(H,51,61)(H,54,64)(H,55,63)(H,56,62)(H,57,66)(H,58,67)(H4,49,50,52)/t34-,36-,37+,38-,39-/m0/s1. The lowest BCUT2D eigenvalue weighted by atomic mass is 9.90. The molecule has 3 aliphatic rings. The van der Waals surface area contributed by atoms with Gasteiger partial charge in [0.25, 0.3) is 5.91 Å². The van der Waals surface area contributed by atoms with E-state index in [1.54, 1.807) is 60.8 Å². The highest BCUT2D eigenvalue weighted by Gasteiger charge is 2.58. The Labute approximate surface area is 387 Å². The van der Waals surface area contributed by atoms with Gasteiger partial charge in [0.05, 0.1) is 12.5 Å². The molecule has 7 rings (SSSR count). The van der Waals surface area contributed by atoms with Crippen molar-refractivity contribution in [2.45, 2.75) is 107 Å². The summed E-state index contributed by atoms with van der Waals surface area (Å²) in [7, 11) is 0. The molecule has 3 aromatic carbocycles. The van der Waals surface area contributed by atoms with Crippen LogP contribution in [0.15, 0.2) is 90.1 Å². The molecule has 4 aromatic rings. The monoisotopic (exact) mass is 915 g/mol. The first kappa shape index (κ1) is 47.4. The van der Waals surface area contributed by atoms with Gasteiger partial charge in [-0.1, -0.05) is 72.8 Å². The SMILES string of the molecule is CC(=O)[C@@H]1CCCCNC(=O)C[C@@H]2NC(=O)N(C2=O)C2(Cc3ccccc3C2)C(=O)N[C@H](Cc2ccccc2)C(=O)N[C@@H](CCCN=C(N)N)C(=O)N[C@@H](Cc2c[nH]c3ccccc23)C(=O)N1. The molecule has 3 heterocycles. The topological polar surface area (TPSA) is 292 Å². The van der Waals surface area contributed by atoms with Crippen LogP contribution >= 0.6 is 0 Å². The number of nitrogens with two attached hydrogens (primary N) is 2. The van der Waals surface area contributed by atoms with E-state index in [9.17, 15) is 33.6 Å². The number of guanidine groups is 1. The van der Waals surface area contributed by atoms with Gasteiger partial charge in [-0.2, -0.15) is 0 Å². The third kappa shape index (κ3) is 11.3. The van der Waals surface area contributed by atoms with E-state index in [1.165, 1.54) is 6.92 Å². The molecule has 2 aliphatic heterocycles. The van der Waals surface area contributed by atoms with Gasteiger partial charge in [-0.3, -0.25) is 38.6 Å².